The number of nitrogens with one attached hydrogen (secondary N) is 1. The van der Waals surface area contributed by atoms with Crippen molar-refractivity contribution in [3.63, 3.8) is 0 Å². The molecule has 3 N–H and O–H groups in total. The number of fused-ring (bicyclic) bond motifs is 1. The van der Waals surface area contributed by atoms with Gasteiger partial charge in [0, 0.05) is 24.2 Å². The van der Waals surface area contributed by atoms with Crippen molar-refractivity contribution in [3.8, 4) is 5.69 Å². The molecule has 5 nitrogen and oxygen atoms in total. The lowest BCUT2D eigenvalue weighted by atomic mass is 10.1. The molecule has 0 unspecified atom stereocenters. The lowest BCUT2D eigenvalue weighted by Crippen LogP contribution is -2.21. The summed E-state index contributed by atoms with van der Waals surface area (Å²) in [6.45, 7) is 5.09. The molecule has 0 aliphatic heterocycles. The van der Waals surface area contributed by atoms with E-state index < -0.39 is 5.91 Å². The van der Waals surface area contributed by atoms with Crippen molar-refractivity contribution < 1.29 is 4.79 Å². The highest BCUT2D eigenvalue weighted by Crippen LogP contribution is 2.19. The van der Waals surface area contributed by atoms with E-state index in [4.69, 9.17) is 5.73 Å². The molecule has 0 aliphatic carbocycles. The van der Waals surface area contributed by atoms with Crippen LogP contribution in [0.5, 0.6) is 0 Å². The van der Waals surface area contributed by atoms with Gasteiger partial charge in [-0.1, -0.05) is 38.1 Å². The minimum Gasteiger partial charge on any atom is -0.366 e. The van der Waals surface area contributed by atoms with Gasteiger partial charge in [0.2, 0.25) is 0 Å². The predicted octanol–water partition coefficient (Wildman–Crippen LogP) is 2.62. The van der Waals surface area contributed by atoms with Crippen LogP contribution in [0.1, 0.15) is 29.8 Å². The van der Waals surface area contributed by atoms with Crippen molar-refractivity contribution in [1.29, 1.82) is 0 Å². The van der Waals surface area contributed by atoms with E-state index in [2.05, 4.69) is 36.4 Å². The normalized spacial score (nSPS) is 11.3. The summed E-state index contributed by atoms with van der Waals surface area (Å²) in [4.78, 5) is 11.5. The third-order valence-electron chi connectivity index (χ3n) is 3.72. The summed E-state index contributed by atoms with van der Waals surface area (Å²) < 4.78 is 1.77. The lowest BCUT2D eigenvalue weighted by molar-refractivity contribution is 0.100. The van der Waals surface area contributed by atoms with Crippen molar-refractivity contribution in [2.75, 3.05) is 0 Å². The number of rotatable bonds is 5. The van der Waals surface area contributed by atoms with Gasteiger partial charge in [-0.15, -0.1) is 0 Å². The van der Waals surface area contributed by atoms with Crippen molar-refractivity contribution >= 4 is 16.8 Å². The Labute approximate surface area is 135 Å². The summed E-state index contributed by atoms with van der Waals surface area (Å²) in [7, 11) is 0. The highest BCUT2D eigenvalue weighted by molar-refractivity contribution is 6.04. The molecule has 0 aliphatic rings. The van der Waals surface area contributed by atoms with Crippen LogP contribution in [0.15, 0.2) is 48.7 Å². The molecule has 0 bridgehead atoms. The first-order valence-electron chi connectivity index (χ1n) is 7.65. The molecule has 5 heteroatoms. The van der Waals surface area contributed by atoms with Gasteiger partial charge in [0.1, 0.15) is 5.52 Å². The summed E-state index contributed by atoms with van der Waals surface area (Å²) in [5.74, 6) is -0.462. The fourth-order valence-corrected chi connectivity index (χ4v) is 2.47. The monoisotopic (exact) mass is 308 g/mol. The van der Waals surface area contributed by atoms with E-state index in [1.165, 1.54) is 5.56 Å². The second-order valence-electron chi connectivity index (χ2n) is 5.88. The molecule has 1 amide bonds. The van der Waals surface area contributed by atoms with E-state index in [-0.39, 0.29) is 0 Å². The Morgan fingerprint density at radius 1 is 1.22 bits per heavy atom. The average Bonchev–Trinajstić information content (AvgIpc) is 2.97. The largest absolute Gasteiger partial charge is 0.366 e. The van der Waals surface area contributed by atoms with Gasteiger partial charge in [0.15, 0.2) is 0 Å². The maximum absolute atomic E-state index is 11.5. The van der Waals surface area contributed by atoms with Crippen LogP contribution in [-0.4, -0.2) is 21.7 Å². The molecule has 0 atom stereocenters. The van der Waals surface area contributed by atoms with Gasteiger partial charge < -0.3 is 11.1 Å². The maximum Gasteiger partial charge on any atom is 0.250 e. The molecule has 3 rings (SSSR count). The molecule has 0 fully saturated rings. The second kappa shape index (κ2) is 6.22. The van der Waals surface area contributed by atoms with Crippen LogP contribution in [-0.2, 0) is 6.54 Å². The van der Waals surface area contributed by atoms with E-state index >= 15 is 0 Å². The van der Waals surface area contributed by atoms with Crippen LogP contribution in [0.25, 0.3) is 16.6 Å². The number of hydrogen-bond donors (Lipinski definition) is 2. The molecular weight excluding hydrogens is 288 g/mol. The number of nitrogens with two attached hydrogens (primary N) is 1. The van der Waals surface area contributed by atoms with E-state index in [1.807, 2.05) is 30.5 Å². The molecule has 1 aromatic heterocycles. The van der Waals surface area contributed by atoms with Crippen molar-refractivity contribution in [1.82, 2.24) is 15.1 Å². The number of hydrogen-bond acceptors (Lipinski definition) is 3. The SMILES string of the molecule is CC(C)NCc1ccc(-n2cc3cccc(C(N)=O)c3n2)cc1. The molecule has 3 aromatic rings. The van der Waals surface area contributed by atoms with Crippen molar-refractivity contribution in [2.24, 2.45) is 5.73 Å². The summed E-state index contributed by atoms with van der Waals surface area (Å²) in [6.07, 6.45) is 1.91. The maximum atomic E-state index is 11.5. The van der Waals surface area contributed by atoms with Gasteiger partial charge in [-0.3, -0.25) is 4.79 Å². The van der Waals surface area contributed by atoms with Gasteiger partial charge in [-0.05, 0) is 23.8 Å². The highest BCUT2D eigenvalue weighted by atomic mass is 16.1. The zero-order chi connectivity index (χ0) is 16.4. The van der Waals surface area contributed by atoms with E-state index in [0.29, 0.717) is 17.1 Å². The summed E-state index contributed by atoms with van der Waals surface area (Å²) in [5, 5.41) is 8.79. The number of primary amides is 1. The van der Waals surface area contributed by atoms with Crippen LogP contribution in [0.4, 0.5) is 0 Å². The van der Waals surface area contributed by atoms with Crippen LogP contribution in [0.3, 0.4) is 0 Å². The number of benzene rings is 2. The van der Waals surface area contributed by atoms with Crippen LogP contribution < -0.4 is 11.1 Å². The Hall–Kier alpha value is -2.66. The van der Waals surface area contributed by atoms with Crippen LogP contribution in [0, 0.1) is 0 Å². The third-order valence-corrected chi connectivity index (χ3v) is 3.72. The quantitative estimate of drug-likeness (QED) is 0.761. The fourth-order valence-electron chi connectivity index (χ4n) is 2.47. The van der Waals surface area contributed by atoms with E-state index in [9.17, 15) is 4.79 Å². The Kier molecular flexibility index (Phi) is 4.12. The third kappa shape index (κ3) is 3.24. The standard InChI is InChI=1S/C18H20N4O/c1-12(2)20-10-13-6-8-15(9-7-13)22-11-14-4-3-5-16(18(19)23)17(14)21-22/h3-9,11-12,20H,10H2,1-2H3,(H2,19,23). The van der Waals surface area contributed by atoms with Gasteiger partial charge in [0.05, 0.1) is 11.3 Å². The summed E-state index contributed by atoms with van der Waals surface area (Å²) >= 11 is 0. The van der Waals surface area contributed by atoms with Crippen LogP contribution in [0.2, 0.25) is 0 Å². The van der Waals surface area contributed by atoms with Crippen molar-refractivity contribution in [2.45, 2.75) is 26.4 Å². The first kappa shape index (κ1) is 15.2. The number of carbonyl (C=O) groups excluding carboxylic acids is 1. The Morgan fingerprint density at radius 3 is 2.61 bits per heavy atom. The Bertz CT molecular complexity index is 834. The summed E-state index contributed by atoms with van der Waals surface area (Å²) in [6, 6.07) is 14.1. The highest BCUT2D eigenvalue weighted by Gasteiger charge is 2.10. The molecular formula is C18H20N4O. The topological polar surface area (TPSA) is 72.9 Å². The van der Waals surface area contributed by atoms with Gasteiger partial charge >= 0.3 is 0 Å². The Balaban J connectivity index is 1.91. The molecule has 118 valence electrons. The Morgan fingerprint density at radius 2 is 1.96 bits per heavy atom. The predicted molar refractivity (Wildman–Crippen MR) is 91.6 cm³/mol. The van der Waals surface area contributed by atoms with Gasteiger partial charge in [0.25, 0.3) is 5.91 Å². The number of nitrogens with zero attached hydrogens (tertiary/aromatic N) is 2. The minimum absolute atomic E-state index is 0.444. The van der Waals surface area contributed by atoms with Crippen LogP contribution >= 0.6 is 0 Å². The average molecular weight is 308 g/mol. The van der Waals surface area contributed by atoms with Gasteiger partial charge in [-0.25, -0.2) is 4.68 Å². The minimum atomic E-state index is -0.462. The van der Waals surface area contributed by atoms with E-state index in [1.54, 1.807) is 10.7 Å². The van der Waals surface area contributed by atoms with E-state index in [0.717, 1.165) is 17.6 Å². The molecule has 1 heterocycles. The lowest BCUT2D eigenvalue weighted by Gasteiger charge is -2.08. The fraction of sp³-hybridized carbons (Fsp3) is 0.222. The molecule has 0 radical (unpaired) electrons. The first-order valence-corrected chi connectivity index (χ1v) is 7.65. The summed E-state index contributed by atoms with van der Waals surface area (Å²) in [5.41, 5.74) is 8.65. The van der Waals surface area contributed by atoms with Gasteiger partial charge in [-0.2, -0.15) is 5.10 Å². The number of aromatic nitrogens is 2. The zero-order valence-corrected chi connectivity index (χ0v) is 13.3. The molecule has 2 aromatic carbocycles. The zero-order valence-electron chi connectivity index (χ0n) is 13.3. The number of amides is 1. The second-order valence-corrected chi connectivity index (χ2v) is 5.88. The molecule has 0 saturated heterocycles. The molecule has 23 heavy (non-hydrogen) atoms. The van der Waals surface area contributed by atoms with Crippen molar-refractivity contribution in [3.05, 3.63) is 59.8 Å². The molecule has 0 spiro atoms. The number of carbonyl (C=O) groups is 1. The molecule has 0 saturated carbocycles. The first-order chi connectivity index (χ1) is 11.0. The smallest absolute Gasteiger partial charge is 0.250 e.